The molecule has 0 aliphatic carbocycles. The first kappa shape index (κ1) is 13.5. The zero-order valence-corrected chi connectivity index (χ0v) is 11.2. The SMILES string of the molecule is CCC(CO)NC(=O)c1ccc(Cl)cc1Br. The molecule has 0 bridgehead atoms. The van der Waals surface area contributed by atoms with Crippen molar-refractivity contribution in [3.05, 3.63) is 33.3 Å². The van der Waals surface area contributed by atoms with E-state index in [1.165, 1.54) is 0 Å². The fourth-order valence-electron chi connectivity index (χ4n) is 1.21. The van der Waals surface area contributed by atoms with Crippen LogP contribution >= 0.6 is 27.5 Å². The van der Waals surface area contributed by atoms with Crippen LogP contribution < -0.4 is 5.32 Å². The molecule has 0 aliphatic heterocycles. The van der Waals surface area contributed by atoms with E-state index >= 15 is 0 Å². The van der Waals surface area contributed by atoms with E-state index in [4.69, 9.17) is 16.7 Å². The Morgan fingerprint density at radius 1 is 1.62 bits per heavy atom. The van der Waals surface area contributed by atoms with Gasteiger partial charge in [0.1, 0.15) is 0 Å². The van der Waals surface area contributed by atoms with Crippen molar-refractivity contribution < 1.29 is 9.90 Å². The molecule has 0 saturated heterocycles. The van der Waals surface area contributed by atoms with Crippen LogP contribution in [0.2, 0.25) is 5.02 Å². The highest BCUT2D eigenvalue weighted by molar-refractivity contribution is 9.10. The average molecular weight is 307 g/mol. The van der Waals surface area contributed by atoms with Gasteiger partial charge < -0.3 is 10.4 Å². The van der Waals surface area contributed by atoms with Crippen molar-refractivity contribution in [3.63, 3.8) is 0 Å². The predicted molar refractivity (Wildman–Crippen MR) is 67.8 cm³/mol. The zero-order chi connectivity index (χ0) is 12.1. The zero-order valence-electron chi connectivity index (χ0n) is 8.84. The van der Waals surface area contributed by atoms with Crippen LogP contribution in [0.15, 0.2) is 22.7 Å². The maximum Gasteiger partial charge on any atom is 0.252 e. The summed E-state index contributed by atoms with van der Waals surface area (Å²) in [7, 11) is 0. The molecule has 1 aromatic carbocycles. The molecule has 1 amide bonds. The minimum absolute atomic E-state index is 0.0621. The molecule has 0 aromatic heterocycles. The summed E-state index contributed by atoms with van der Waals surface area (Å²) in [5.74, 6) is -0.218. The Morgan fingerprint density at radius 3 is 2.81 bits per heavy atom. The first-order valence-corrected chi connectivity index (χ1v) is 6.12. The standard InChI is InChI=1S/C11H13BrClNO2/c1-2-8(6-15)14-11(16)9-4-3-7(13)5-10(9)12/h3-5,8,15H,2,6H2,1H3,(H,14,16). The van der Waals surface area contributed by atoms with Crippen molar-refractivity contribution in [3.8, 4) is 0 Å². The number of hydrogen-bond acceptors (Lipinski definition) is 2. The van der Waals surface area contributed by atoms with Crippen LogP contribution in [-0.4, -0.2) is 23.7 Å². The fourth-order valence-corrected chi connectivity index (χ4v) is 2.08. The molecule has 88 valence electrons. The van der Waals surface area contributed by atoms with Crippen molar-refractivity contribution in [1.29, 1.82) is 0 Å². The highest BCUT2D eigenvalue weighted by atomic mass is 79.9. The molecule has 1 atom stereocenters. The minimum Gasteiger partial charge on any atom is -0.394 e. The lowest BCUT2D eigenvalue weighted by Gasteiger charge is -2.14. The van der Waals surface area contributed by atoms with Gasteiger partial charge in [0.25, 0.3) is 5.91 Å². The Labute approximate surface area is 108 Å². The summed E-state index contributed by atoms with van der Waals surface area (Å²) in [5.41, 5.74) is 0.510. The number of hydrogen-bond donors (Lipinski definition) is 2. The van der Waals surface area contributed by atoms with E-state index < -0.39 is 0 Å². The Bertz CT molecular complexity index is 380. The smallest absolute Gasteiger partial charge is 0.252 e. The summed E-state index contributed by atoms with van der Waals surface area (Å²) in [4.78, 5) is 11.8. The highest BCUT2D eigenvalue weighted by Crippen LogP contribution is 2.21. The second-order valence-corrected chi connectivity index (χ2v) is 4.68. The first-order valence-electron chi connectivity index (χ1n) is 4.95. The van der Waals surface area contributed by atoms with E-state index in [1.807, 2.05) is 6.92 Å². The number of carbonyl (C=O) groups is 1. The van der Waals surface area contributed by atoms with Gasteiger partial charge in [-0.2, -0.15) is 0 Å². The quantitative estimate of drug-likeness (QED) is 0.898. The number of halogens is 2. The summed E-state index contributed by atoms with van der Waals surface area (Å²) in [6, 6.07) is 4.75. The first-order chi connectivity index (χ1) is 7.58. The van der Waals surface area contributed by atoms with Gasteiger partial charge in [-0.15, -0.1) is 0 Å². The van der Waals surface area contributed by atoms with Gasteiger partial charge in [-0.25, -0.2) is 0 Å². The van der Waals surface area contributed by atoms with Gasteiger partial charge in [0.15, 0.2) is 0 Å². The molecule has 0 aliphatic rings. The van der Waals surface area contributed by atoms with Gasteiger partial charge in [0.2, 0.25) is 0 Å². The van der Waals surface area contributed by atoms with E-state index in [1.54, 1.807) is 18.2 Å². The average Bonchev–Trinajstić information content (AvgIpc) is 2.25. The molecular weight excluding hydrogens is 293 g/mol. The van der Waals surface area contributed by atoms with Crippen molar-refractivity contribution >= 4 is 33.4 Å². The van der Waals surface area contributed by atoms with Crippen LogP contribution in [0.4, 0.5) is 0 Å². The van der Waals surface area contributed by atoms with Crippen molar-refractivity contribution in [2.24, 2.45) is 0 Å². The number of nitrogens with one attached hydrogen (secondary N) is 1. The molecule has 3 nitrogen and oxygen atoms in total. The summed E-state index contributed by atoms with van der Waals surface area (Å²) in [5, 5.41) is 12.3. The Hall–Kier alpha value is -0.580. The van der Waals surface area contributed by atoms with Gasteiger partial charge in [-0.1, -0.05) is 18.5 Å². The van der Waals surface area contributed by atoms with E-state index in [9.17, 15) is 4.79 Å². The van der Waals surface area contributed by atoms with Crippen LogP contribution in [0.3, 0.4) is 0 Å². The lowest BCUT2D eigenvalue weighted by molar-refractivity contribution is 0.0914. The van der Waals surface area contributed by atoms with Gasteiger partial charge in [0.05, 0.1) is 18.2 Å². The molecule has 1 rings (SSSR count). The Morgan fingerprint density at radius 2 is 2.31 bits per heavy atom. The summed E-state index contributed by atoms with van der Waals surface area (Å²) in [6.45, 7) is 1.84. The van der Waals surface area contributed by atoms with E-state index in [-0.39, 0.29) is 18.6 Å². The summed E-state index contributed by atoms with van der Waals surface area (Å²) in [6.07, 6.45) is 0.688. The van der Waals surface area contributed by atoms with Gasteiger partial charge >= 0.3 is 0 Å². The number of amides is 1. The van der Waals surface area contributed by atoms with Crippen molar-refractivity contribution in [2.45, 2.75) is 19.4 Å². The fraction of sp³-hybridized carbons (Fsp3) is 0.364. The van der Waals surface area contributed by atoms with Gasteiger partial charge in [0, 0.05) is 9.50 Å². The third kappa shape index (κ3) is 3.47. The van der Waals surface area contributed by atoms with Crippen LogP contribution in [0.5, 0.6) is 0 Å². The lowest BCUT2D eigenvalue weighted by Crippen LogP contribution is -2.37. The maximum atomic E-state index is 11.8. The molecular formula is C11H13BrClNO2. The van der Waals surface area contributed by atoms with Crippen LogP contribution in [-0.2, 0) is 0 Å². The molecule has 0 spiro atoms. The molecule has 0 heterocycles. The number of aliphatic hydroxyl groups excluding tert-OH is 1. The van der Waals surface area contributed by atoms with Crippen LogP contribution in [0, 0.1) is 0 Å². The molecule has 2 N–H and O–H groups in total. The summed E-state index contributed by atoms with van der Waals surface area (Å²) < 4.78 is 0.644. The molecule has 0 radical (unpaired) electrons. The van der Waals surface area contributed by atoms with Gasteiger partial charge in [-0.3, -0.25) is 4.79 Å². The molecule has 1 unspecified atom stereocenters. The molecule has 5 heteroatoms. The Kier molecular flexibility index (Phi) is 5.25. The molecule has 16 heavy (non-hydrogen) atoms. The second kappa shape index (κ2) is 6.23. The number of benzene rings is 1. The van der Waals surface area contributed by atoms with Gasteiger partial charge in [-0.05, 0) is 40.5 Å². The third-order valence-corrected chi connectivity index (χ3v) is 3.12. The normalized spacial score (nSPS) is 12.2. The van der Waals surface area contributed by atoms with E-state index in [2.05, 4.69) is 21.2 Å². The topological polar surface area (TPSA) is 49.3 Å². The monoisotopic (exact) mass is 305 g/mol. The molecule has 0 fully saturated rings. The third-order valence-electron chi connectivity index (χ3n) is 2.22. The van der Waals surface area contributed by atoms with E-state index in [0.29, 0.717) is 21.5 Å². The maximum absolute atomic E-state index is 11.8. The predicted octanol–water partition coefficient (Wildman–Crippen LogP) is 2.60. The van der Waals surface area contributed by atoms with Crippen molar-refractivity contribution in [1.82, 2.24) is 5.32 Å². The number of carbonyl (C=O) groups excluding carboxylic acids is 1. The summed E-state index contributed by atoms with van der Waals surface area (Å²) >= 11 is 9.05. The molecule has 1 aromatic rings. The van der Waals surface area contributed by atoms with Crippen molar-refractivity contribution in [2.75, 3.05) is 6.61 Å². The largest absolute Gasteiger partial charge is 0.394 e. The molecule has 0 saturated carbocycles. The lowest BCUT2D eigenvalue weighted by atomic mass is 10.2. The second-order valence-electron chi connectivity index (χ2n) is 3.39. The number of aliphatic hydroxyl groups is 1. The van der Waals surface area contributed by atoms with Crippen LogP contribution in [0.1, 0.15) is 23.7 Å². The minimum atomic E-state index is -0.218. The number of rotatable bonds is 4. The Balaban J connectivity index is 2.80. The van der Waals surface area contributed by atoms with E-state index in [0.717, 1.165) is 0 Å². The highest BCUT2D eigenvalue weighted by Gasteiger charge is 2.13. The van der Waals surface area contributed by atoms with Crippen LogP contribution in [0.25, 0.3) is 0 Å².